The average molecular weight is 547 g/mol. The van der Waals surface area contributed by atoms with Crippen molar-refractivity contribution in [2.24, 2.45) is 16.7 Å². The maximum absolute atomic E-state index is 14.9. The number of benzene rings is 1. The summed E-state index contributed by atoms with van der Waals surface area (Å²) in [6.07, 6.45) is 5.79. The van der Waals surface area contributed by atoms with E-state index in [4.69, 9.17) is 14.2 Å². The van der Waals surface area contributed by atoms with E-state index in [0.29, 0.717) is 32.2 Å². The van der Waals surface area contributed by atoms with Crippen LogP contribution in [0.4, 0.5) is 4.39 Å². The lowest BCUT2D eigenvalue weighted by molar-refractivity contribution is -0.150. The molecule has 0 spiro atoms. The Morgan fingerprint density at radius 1 is 1.05 bits per heavy atom. The molecule has 3 N–H and O–H groups in total. The topological polar surface area (TPSA) is 123 Å². The molecule has 2 amide bonds. The molecule has 2 saturated heterocycles. The van der Waals surface area contributed by atoms with Gasteiger partial charge >= 0.3 is 5.97 Å². The molecule has 2 aliphatic carbocycles. The van der Waals surface area contributed by atoms with E-state index < -0.39 is 35.1 Å². The zero-order chi connectivity index (χ0) is 27.9. The lowest BCUT2D eigenvalue weighted by atomic mass is 9.70. The predicted octanol–water partition coefficient (Wildman–Crippen LogP) is 3.83. The van der Waals surface area contributed by atoms with Crippen molar-refractivity contribution in [3.8, 4) is 11.5 Å². The van der Waals surface area contributed by atoms with Gasteiger partial charge in [-0.15, -0.1) is 0 Å². The highest BCUT2D eigenvalue weighted by atomic mass is 19.1. The normalized spacial score (nSPS) is 32.7. The Balaban J connectivity index is 1.28. The second-order valence-electron chi connectivity index (χ2n) is 12.4. The SMILES string of the molecule is COc1cc(F)c(OC2CCC(C)(C(=O)O)CC2)cc1C(=O)NC1C2CCC(O2)C1C(=O)NCC1(C)CCC1. The van der Waals surface area contributed by atoms with Crippen molar-refractivity contribution in [3.05, 3.63) is 23.5 Å². The third-order valence-corrected chi connectivity index (χ3v) is 9.47. The van der Waals surface area contributed by atoms with Gasteiger partial charge in [0, 0.05) is 12.6 Å². The first-order valence-corrected chi connectivity index (χ1v) is 14.0. The van der Waals surface area contributed by atoms with Gasteiger partial charge in [0.2, 0.25) is 5.91 Å². The first kappa shape index (κ1) is 27.7. The van der Waals surface area contributed by atoms with Gasteiger partial charge in [0.15, 0.2) is 11.6 Å². The number of aliphatic carboxylic acids is 1. The van der Waals surface area contributed by atoms with Crippen LogP contribution in [0.3, 0.4) is 0 Å². The molecule has 1 aromatic rings. The molecule has 2 aliphatic heterocycles. The van der Waals surface area contributed by atoms with Crippen LogP contribution < -0.4 is 20.1 Å². The number of hydrogen-bond acceptors (Lipinski definition) is 6. The fourth-order valence-electron chi connectivity index (χ4n) is 6.51. The Bertz CT molecular complexity index is 1130. The van der Waals surface area contributed by atoms with Crippen LogP contribution in [-0.4, -0.2) is 60.9 Å². The molecule has 10 heteroatoms. The maximum atomic E-state index is 14.9. The number of amides is 2. The molecule has 2 heterocycles. The summed E-state index contributed by atoms with van der Waals surface area (Å²) in [5.41, 5.74) is -0.580. The number of halogens is 1. The van der Waals surface area contributed by atoms with Crippen LogP contribution in [0, 0.1) is 22.6 Å². The zero-order valence-corrected chi connectivity index (χ0v) is 22.9. The summed E-state index contributed by atoms with van der Waals surface area (Å²) in [6.45, 7) is 4.49. The van der Waals surface area contributed by atoms with Gasteiger partial charge in [-0.05, 0) is 69.8 Å². The van der Waals surface area contributed by atoms with E-state index in [2.05, 4.69) is 17.6 Å². The monoisotopic (exact) mass is 546 g/mol. The highest BCUT2D eigenvalue weighted by molar-refractivity contribution is 5.98. The fourth-order valence-corrected chi connectivity index (χ4v) is 6.51. The Morgan fingerprint density at radius 3 is 2.36 bits per heavy atom. The Labute approximate surface area is 228 Å². The van der Waals surface area contributed by atoms with E-state index in [1.165, 1.54) is 19.6 Å². The largest absolute Gasteiger partial charge is 0.496 e. The quantitative estimate of drug-likeness (QED) is 0.430. The van der Waals surface area contributed by atoms with E-state index in [0.717, 1.165) is 31.7 Å². The molecule has 39 heavy (non-hydrogen) atoms. The summed E-state index contributed by atoms with van der Waals surface area (Å²) in [4.78, 5) is 38.2. The fraction of sp³-hybridized carbons (Fsp3) is 0.690. The van der Waals surface area contributed by atoms with Crippen molar-refractivity contribution < 1.29 is 38.1 Å². The minimum atomic E-state index is -0.843. The highest BCUT2D eigenvalue weighted by Gasteiger charge is 2.53. The Hall–Kier alpha value is -2.88. The minimum Gasteiger partial charge on any atom is -0.496 e. The summed E-state index contributed by atoms with van der Waals surface area (Å²) < 4.78 is 32.2. The second-order valence-corrected chi connectivity index (χ2v) is 12.4. The summed E-state index contributed by atoms with van der Waals surface area (Å²) >= 11 is 0. The molecule has 2 bridgehead atoms. The van der Waals surface area contributed by atoms with Crippen LogP contribution in [0.1, 0.15) is 82.0 Å². The number of rotatable bonds is 9. The molecule has 0 aromatic heterocycles. The zero-order valence-electron chi connectivity index (χ0n) is 22.9. The molecule has 9 nitrogen and oxygen atoms in total. The van der Waals surface area contributed by atoms with Crippen LogP contribution in [0.5, 0.6) is 11.5 Å². The number of hydrogen-bond donors (Lipinski definition) is 3. The standard InChI is InChI=1S/C29H39FN2O7/c1-28(9-4-10-28)15-31-26(34)23-19-5-6-20(39-19)24(23)32-25(33)17-13-22(18(30)14-21(17)37-3)38-16-7-11-29(2,12-8-16)27(35)36/h13-14,16,19-20,23-24H,4-12,15H2,1-3H3,(H,31,34)(H,32,33)(H,35,36). The Kier molecular flexibility index (Phi) is 7.52. The van der Waals surface area contributed by atoms with Crippen LogP contribution in [0.15, 0.2) is 12.1 Å². The van der Waals surface area contributed by atoms with Crippen molar-refractivity contribution in [2.45, 2.75) is 96.0 Å². The summed E-state index contributed by atoms with van der Waals surface area (Å²) in [6, 6.07) is 1.95. The summed E-state index contributed by atoms with van der Waals surface area (Å²) in [7, 11) is 1.36. The minimum absolute atomic E-state index is 0.0578. The lowest BCUT2D eigenvalue weighted by Crippen LogP contribution is -2.53. The first-order chi connectivity index (χ1) is 18.5. The van der Waals surface area contributed by atoms with Gasteiger partial charge in [-0.3, -0.25) is 14.4 Å². The van der Waals surface area contributed by atoms with Crippen molar-refractivity contribution in [3.63, 3.8) is 0 Å². The number of fused-ring (bicyclic) bond motifs is 2. The van der Waals surface area contributed by atoms with E-state index in [1.54, 1.807) is 6.92 Å². The molecule has 0 radical (unpaired) electrons. The average Bonchev–Trinajstić information content (AvgIpc) is 3.50. The Morgan fingerprint density at radius 2 is 1.74 bits per heavy atom. The van der Waals surface area contributed by atoms with Crippen molar-refractivity contribution in [2.75, 3.05) is 13.7 Å². The van der Waals surface area contributed by atoms with Gasteiger partial charge in [0.05, 0.1) is 48.4 Å². The van der Waals surface area contributed by atoms with Gasteiger partial charge in [0.1, 0.15) is 5.75 Å². The summed E-state index contributed by atoms with van der Waals surface area (Å²) in [5.74, 6) is -2.64. The van der Waals surface area contributed by atoms with Crippen molar-refractivity contribution >= 4 is 17.8 Å². The summed E-state index contributed by atoms with van der Waals surface area (Å²) in [5, 5.41) is 15.5. The van der Waals surface area contributed by atoms with Gasteiger partial charge < -0.3 is 30.0 Å². The predicted molar refractivity (Wildman–Crippen MR) is 139 cm³/mol. The van der Waals surface area contributed by atoms with Crippen LogP contribution in [-0.2, 0) is 14.3 Å². The number of carbonyl (C=O) groups excluding carboxylic acids is 2. The molecule has 4 fully saturated rings. The van der Waals surface area contributed by atoms with Crippen LogP contribution >= 0.6 is 0 Å². The number of nitrogens with one attached hydrogen (secondary N) is 2. The van der Waals surface area contributed by atoms with Gasteiger partial charge in [-0.25, -0.2) is 4.39 Å². The maximum Gasteiger partial charge on any atom is 0.309 e. The van der Waals surface area contributed by atoms with Gasteiger partial charge in [-0.1, -0.05) is 13.3 Å². The van der Waals surface area contributed by atoms with Gasteiger partial charge in [0.25, 0.3) is 5.91 Å². The van der Waals surface area contributed by atoms with Crippen LogP contribution in [0.25, 0.3) is 0 Å². The lowest BCUT2D eigenvalue weighted by Gasteiger charge is -2.39. The van der Waals surface area contributed by atoms with E-state index in [9.17, 15) is 23.9 Å². The number of carboxylic acids is 1. The molecule has 4 unspecified atom stereocenters. The van der Waals surface area contributed by atoms with Crippen molar-refractivity contribution in [1.82, 2.24) is 10.6 Å². The molecular formula is C29H39FN2O7. The smallest absolute Gasteiger partial charge is 0.309 e. The van der Waals surface area contributed by atoms with E-state index in [-0.39, 0.29) is 46.7 Å². The molecule has 2 saturated carbocycles. The van der Waals surface area contributed by atoms with E-state index >= 15 is 0 Å². The number of carboxylic acid groups (broad SMARTS) is 1. The first-order valence-electron chi connectivity index (χ1n) is 14.0. The molecule has 214 valence electrons. The third-order valence-electron chi connectivity index (χ3n) is 9.47. The van der Waals surface area contributed by atoms with Gasteiger partial charge in [-0.2, -0.15) is 0 Å². The van der Waals surface area contributed by atoms with Crippen LogP contribution in [0.2, 0.25) is 0 Å². The highest BCUT2D eigenvalue weighted by Crippen LogP contribution is 2.42. The van der Waals surface area contributed by atoms with E-state index in [1.807, 2.05) is 0 Å². The molecular weight excluding hydrogens is 507 g/mol. The molecule has 5 rings (SSSR count). The second kappa shape index (κ2) is 10.6. The number of ether oxygens (including phenoxy) is 3. The number of carbonyl (C=O) groups is 3. The number of methoxy groups -OCH3 is 1. The molecule has 1 aromatic carbocycles. The third kappa shape index (κ3) is 5.44. The molecule has 4 aliphatic rings. The van der Waals surface area contributed by atoms with Crippen molar-refractivity contribution in [1.29, 1.82) is 0 Å². The molecule has 4 atom stereocenters.